The van der Waals surface area contributed by atoms with Crippen molar-refractivity contribution < 1.29 is 14.6 Å². The number of hydrogen-bond donors (Lipinski definition) is 3. The maximum Gasteiger partial charge on any atom is 0.191 e. The Labute approximate surface area is 157 Å². The van der Waals surface area contributed by atoms with Crippen molar-refractivity contribution >= 4 is 29.9 Å². The van der Waals surface area contributed by atoms with Crippen LogP contribution in [-0.4, -0.2) is 87.3 Å². The van der Waals surface area contributed by atoms with Gasteiger partial charge in [-0.3, -0.25) is 9.89 Å². The molecule has 1 atom stereocenters. The predicted molar refractivity (Wildman–Crippen MR) is 104 cm³/mol. The maximum absolute atomic E-state index is 10.5. The average Bonchev–Trinajstić information content (AvgIpc) is 2.49. The summed E-state index contributed by atoms with van der Waals surface area (Å²) in [7, 11) is 0. The van der Waals surface area contributed by atoms with Gasteiger partial charge in [0.15, 0.2) is 5.96 Å². The number of aliphatic hydroxyl groups is 1. The minimum absolute atomic E-state index is 0. The normalized spacial score (nSPS) is 18.9. The van der Waals surface area contributed by atoms with E-state index in [0.717, 1.165) is 32.8 Å². The molecule has 1 fully saturated rings. The van der Waals surface area contributed by atoms with Crippen molar-refractivity contribution in [2.45, 2.75) is 26.4 Å². The Hall–Kier alpha value is -0.160. The van der Waals surface area contributed by atoms with E-state index in [-0.39, 0.29) is 24.0 Å². The number of rotatable bonds is 9. The molecule has 23 heavy (non-hydrogen) atoms. The second kappa shape index (κ2) is 13.2. The molecule has 0 aromatic carbocycles. The molecule has 7 nitrogen and oxygen atoms in total. The number of guanidine groups is 1. The molecule has 0 radical (unpaired) electrons. The summed E-state index contributed by atoms with van der Waals surface area (Å²) in [5, 5.41) is 16.9. The topological polar surface area (TPSA) is 78.4 Å². The Bertz CT molecular complexity index is 324. The van der Waals surface area contributed by atoms with Gasteiger partial charge in [-0.2, -0.15) is 0 Å². The summed E-state index contributed by atoms with van der Waals surface area (Å²) in [6.45, 7) is 12.8. The predicted octanol–water partition coefficient (Wildman–Crippen LogP) is 0.279. The third kappa shape index (κ3) is 11.1. The van der Waals surface area contributed by atoms with Crippen molar-refractivity contribution in [2.24, 2.45) is 4.99 Å². The maximum atomic E-state index is 10.5. The number of nitrogens with one attached hydrogen (secondary N) is 2. The molecule has 1 aliphatic rings. The smallest absolute Gasteiger partial charge is 0.191 e. The number of β-amino-alcohol motifs (C(OH)–C–C–N with tert-alkyl or cyclic N) is 1. The zero-order valence-corrected chi connectivity index (χ0v) is 17.0. The summed E-state index contributed by atoms with van der Waals surface area (Å²) in [6.07, 6.45) is 0. The number of nitrogens with zero attached hydrogens (tertiary/aromatic N) is 2. The molecule has 0 bridgehead atoms. The first kappa shape index (κ1) is 22.8. The van der Waals surface area contributed by atoms with Gasteiger partial charge in [0, 0.05) is 39.3 Å². The molecule has 138 valence electrons. The highest BCUT2D eigenvalue weighted by molar-refractivity contribution is 14.0. The molecule has 8 heteroatoms. The quantitative estimate of drug-likeness (QED) is 0.205. The first-order chi connectivity index (χ1) is 10.6. The van der Waals surface area contributed by atoms with Crippen LogP contribution < -0.4 is 10.6 Å². The molecule has 1 unspecified atom stereocenters. The van der Waals surface area contributed by atoms with Crippen molar-refractivity contribution in [1.29, 1.82) is 0 Å². The lowest BCUT2D eigenvalue weighted by atomic mass is 10.1. The molecule has 1 aliphatic heterocycles. The zero-order valence-electron chi connectivity index (χ0n) is 14.6. The van der Waals surface area contributed by atoms with Gasteiger partial charge < -0.3 is 25.2 Å². The van der Waals surface area contributed by atoms with Gasteiger partial charge in [0.2, 0.25) is 0 Å². The summed E-state index contributed by atoms with van der Waals surface area (Å²) in [5.74, 6) is 0.712. The lowest BCUT2D eigenvalue weighted by Crippen LogP contribution is -2.48. The van der Waals surface area contributed by atoms with E-state index < -0.39 is 5.60 Å². The molecule has 0 aromatic rings. The van der Waals surface area contributed by atoms with Crippen LogP contribution in [0.4, 0.5) is 0 Å². The van der Waals surface area contributed by atoms with Gasteiger partial charge in [0.05, 0.1) is 32.0 Å². The van der Waals surface area contributed by atoms with Crippen LogP contribution in [0.2, 0.25) is 0 Å². The molecule has 3 N–H and O–H groups in total. The van der Waals surface area contributed by atoms with Crippen LogP contribution in [0, 0.1) is 0 Å². The van der Waals surface area contributed by atoms with Crippen LogP contribution in [0.15, 0.2) is 4.99 Å². The number of hydrogen-bond acceptors (Lipinski definition) is 5. The molecular formula is C15H33IN4O3. The SMILES string of the molecule is CCNC(=NCC(C)(O)CN1CCOCC1)NCCOCC.I. The van der Waals surface area contributed by atoms with E-state index in [4.69, 9.17) is 9.47 Å². The van der Waals surface area contributed by atoms with Crippen molar-refractivity contribution in [3.63, 3.8) is 0 Å². The third-order valence-corrected chi connectivity index (χ3v) is 3.33. The first-order valence-corrected chi connectivity index (χ1v) is 8.20. The van der Waals surface area contributed by atoms with Gasteiger partial charge in [0.25, 0.3) is 0 Å². The molecule has 0 saturated carbocycles. The molecule has 1 saturated heterocycles. The van der Waals surface area contributed by atoms with E-state index >= 15 is 0 Å². The first-order valence-electron chi connectivity index (χ1n) is 8.20. The standard InChI is InChI=1S/C15H32N4O3.HI/c1-4-16-14(17-6-9-21-5-2)18-12-15(3,20)13-19-7-10-22-11-8-19;/h20H,4-13H2,1-3H3,(H2,16,17,18);1H. The minimum atomic E-state index is -0.848. The lowest BCUT2D eigenvalue weighted by molar-refractivity contribution is -0.0180. The van der Waals surface area contributed by atoms with E-state index in [1.54, 1.807) is 0 Å². The average molecular weight is 444 g/mol. The van der Waals surface area contributed by atoms with Gasteiger partial charge >= 0.3 is 0 Å². The van der Waals surface area contributed by atoms with E-state index in [0.29, 0.717) is 38.8 Å². The Kier molecular flexibility index (Phi) is 13.1. The van der Waals surface area contributed by atoms with Crippen molar-refractivity contribution in [3.05, 3.63) is 0 Å². The largest absolute Gasteiger partial charge is 0.387 e. The minimum Gasteiger partial charge on any atom is -0.387 e. The van der Waals surface area contributed by atoms with Crippen LogP contribution in [-0.2, 0) is 9.47 Å². The van der Waals surface area contributed by atoms with Crippen LogP contribution >= 0.6 is 24.0 Å². The van der Waals surface area contributed by atoms with Crippen LogP contribution in [0.5, 0.6) is 0 Å². The second-order valence-corrected chi connectivity index (χ2v) is 5.70. The number of aliphatic imine (C=N–C) groups is 1. The van der Waals surface area contributed by atoms with Crippen molar-refractivity contribution in [3.8, 4) is 0 Å². The summed E-state index contributed by atoms with van der Waals surface area (Å²) in [6, 6.07) is 0. The fourth-order valence-corrected chi connectivity index (χ4v) is 2.27. The molecule has 0 amide bonds. The van der Waals surface area contributed by atoms with E-state index in [1.165, 1.54) is 0 Å². The van der Waals surface area contributed by atoms with Gasteiger partial charge in [-0.15, -0.1) is 24.0 Å². The van der Waals surface area contributed by atoms with E-state index in [1.807, 2.05) is 20.8 Å². The molecular weight excluding hydrogens is 411 g/mol. The van der Waals surface area contributed by atoms with Crippen LogP contribution in [0.3, 0.4) is 0 Å². The molecule has 1 heterocycles. The molecule has 0 spiro atoms. The summed E-state index contributed by atoms with van der Waals surface area (Å²) in [5.41, 5.74) is -0.848. The number of morpholine rings is 1. The highest BCUT2D eigenvalue weighted by atomic mass is 127. The fourth-order valence-electron chi connectivity index (χ4n) is 2.27. The Morgan fingerprint density at radius 3 is 2.61 bits per heavy atom. The van der Waals surface area contributed by atoms with Crippen molar-refractivity contribution in [1.82, 2.24) is 15.5 Å². The summed E-state index contributed by atoms with van der Waals surface area (Å²) < 4.78 is 10.6. The lowest BCUT2D eigenvalue weighted by Gasteiger charge is -2.33. The zero-order chi connectivity index (χ0) is 16.3. The summed E-state index contributed by atoms with van der Waals surface area (Å²) >= 11 is 0. The van der Waals surface area contributed by atoms with Gasteiger partial charge in [-0.1, -0.05) is 0 Å². The van der Waals surface area contributed by atoms with Crippen LogP contribution in [0.25, 0.3) is 0 Å². The van der Waals surface area contributed by atoms with Gasteiger partial charge in [-0.05, 0) is 20.8 Å². The summed E-state index contributed by atoms with van der Waals surface area (Å²) in [4.78, 5) is 6.70. The van der Waals surface area contributed by atoms with Gasteiger partial charge in [0.1, 0.15) is 0 Å². The molecule has 0 aromatic heterocycles. The molecule has 1 rings (SSSR count). The Balaban J connectivity index is 0.00000484. The third-order valence-electron chi connectivity index (χ3n) is 3.33. The number of halogens is 1. The highest BCUT2D eigenvalue weighted by Crippen LogP contribution is 2.09. The van der Waals surface area contributed by atoms with Gasteiger partial charge in [-0.25, -0.2) is 0 Å². The fraction of sp³-hybridized carbons (Fsp3) is 0.933. The molecule has 0 aliphatic carbocycles. The van der Waals surface area contributed by atoms with E-state index in [2.05, 4.69) is 20.5 Å². The second-order valence-electron chi connectivity index (χ2n) is 5.70. The van der Waals surface area contributed by atoms with Crippen LogP contribution in [0.1, 0.15) is 20.8 Å². The monoisotopic (exact) mass is 444 g/mol. The Morgan fingerprint density at radius 1 is 1.30 bits per heavy atom. The van der Waals surface area contributed by atoms with Crippen molar-refractivity contribution in [2.75, 3.05) is 65.7 Å². The number of ether oxygens (including phenoxy) is 2. The van der Waals surface area contributed by atoms with E-state index in [9.17, 15) is 5.11 Å². The Morgan fingerprint density at radius 2 is 2.00 bits per heavy atom. The highest BCUT2D eigenvalue weighted by Gasteiger charge is 2.25.